The second-order valence-electron chi connectivity index (χ2n) is 4.78. The average molecular weight is 320 g/mol. The average Bonchev–Trinajstić information content (AvgIpc) is 2.49. The van der Waals surface area contributed by atoms with Gasteiger partial charge in [0.15, 0.2) is 0 Å². The molecule has 1 fully saturated rings. The number of piperidine rings is 1. The lowest BCUT2D eigenvalue weighted by Gasteiger charge is -2.22. The first-order valence-corrected chi connectivity index (χ1v) is 6.43. The van der Waals surface area contributed by atoms with Gasteiger partial charge in [-0.3, -0.25) is 29.8 Å². The molecule has 1 heterocycles. The zero-order chi connectivity index (χ0) is 17.1. The van der Waals surface area contributed by atoms with Crippen molar-refractivity contribution in [3.63, 3.8) is 0 Å². The van der Waals surface area contributed by atoms with Gasteiger partial charge in [-0.1, -0.05) is 0 Å². The van der Waals surface area contributed by atoms with Crippen LogP contribution in [0.2, 0.25) is 0 Å². The van der Waals surface area contributed by atoms with Gasteiger partial charge >= 0.3 is 0 Å². The second kappa shape index (κ2) is 6.17. The van der Waals surface area contributed by atoms with Gasteiger partial charge in [0.2, 0.25) is 11.8 Å². The molecule has 0 aromatic heterocycles. The Morgan fingerprint density at radius 2 is 2.17 bits per heavy atom. The van der Waals surface area contributed by atoms with Gasteiger partial charge in [-0.15, -0.1) is 0 Å². The minimum Gasteiger partial charge on any atom is -0.397 e. The Morgan fingerprint density at radius 3 is 2.74 bits per heavy atom. The second-order valence-corrected chi connectivity index (χ2v) is 4.78. The maximum atomic E-state index is 12.2. The van der Waals surface area contributed by atoms with E-state index in [1.807, 2.05) is 0 Å². The van der Waals surface area contributed by atoms with Crippen molar-refractivity contribution in [3.05, 3.63) is 27.8 Å². The molecular formula is C12H12N6O5. The van der Waals surface area contributed by atoms with E-state index < -0.39 is 34.4 Å². The number of nitrogens with two attached hydrogens (primary N) is 1. The molecular weight excluding hydrogens is 308 g/mol. The summed E-state index contributed by atoms with van der Waals surface area (Å²) >= 11 is 0. The van der Waals surface area contributed by atoms with Crippen LogP contribution >= 0.6 is 0 Å². The van der Waals surface area contributed by atoms with E-state index in [1.165, 1.54) is 0 Å². The van der Waals surface area contributed by atoms with Crippen molar-refractivity contribution in [2.45, 2.75) is 18.9 Å². The third-order valence-electron chi connectivity index (χ3n) is 3.24. The fraction of sp³-hybridized carbons (Fsp3) is 0.250. The molecule has 120 valence electrons. The van der Waals surface area contributed by atoms with Crippen molar-refractivity contribution < 1.29 is 19.3 Å². The summed E-state index contributed by atoms with van der Waals surface area (Å²) in [6.07, 6.45) is 0.164. The van der Waals surface area contributed by atoms with E-state index in [0.717, 1.165) is 12.1 Å². The van der Waals surface area contributed by atoms with Crippen molar-refractivity contribution in [2.24, 2.45) is 5.11 Å². The van der Waals surface area contributed by atoms with E-state index in [9.17, 15) is 24.5 Å². The first-order chi connectivity index (χ1) is 10.8. The Balaban J connectivity index is 2.31. The summed E-state index contributed by atoms with van der Waals surface area (Å²) in [5, 5.41) is 18.4. The molecule has 0 saturated carbocycles. The molecule has 1 aliphatic rings. The molecule has 1 aromatic carbocycles. The number of rotatable bonds is 4. The van der Waals surface area contributed by atoms with Crippen molar-refractivity contribution in [2.75, 3.05) is 5.73 Å². The van der Waals surface area contributed by atoms with Gasteiger partial charge in [0.05, 0.1) is 16.2 Å². The van der Waals surface area contributed by atoms with Crippen molar-refractivity contribution in [1.29, 1.82) is 5.53 Å². The Kier molecular flexibility index (Phi) is 4.30. The molecule has 1 aliphatic heterocycles. The lowest BCUT2D eigenvalue weighted by molar-refractivity contribution is -0.384. The number of non-ortho nitro benzene ring substituents is 1. The summed E-state index contributed by atoms with van der Waals surface area (Å²) in [5.41, 5.74) is 11.4. The van der Waals surface area contributed by atoms with Gasteiger partial charge in [0.25, 0.3) is 11.6 Å². The molecule has 11 heteroatoms. The SMILES string of the molecule is N=Nc1c(N)cc([N+](=O)[O-])cc1C(=O)NC1CCC(=O)NC1=O. The number of hydrogen-bond donors (Lipinski definition) is 4. The summed E-state index contributed by atoms with van der Waals surface area (Å²) in [5.74, 6) is -1.96. The monoisotopic (exact) mass is 320 g/mol. The summed E-state index contributed by atoms with van der Waals surface area (Å²) in [4.78, 5) is 45.0. The van der Waals surface area contributed by atoms with Crippen LogP contribution in [0.1, 0.15) is 23.2 Å². The highest BCUT2D eigenvalue weighted by Gasteiger charge is 2.29. The zero-order valence-electron chi connectivity index (χ0n) is 11.7. The van der Waals surface area contributed by atoms with E-state index >= 15 is 0 Å². The van der Waals surface area contributed by atoms with Gasteiger partial charge in [-0.2, -0.15) is 5.11 Å². The molecule has 1 atom stereocenters. The number of nitrogen functional groups attached to an aromatic ring is 1. The van der Waals surface area contributed by atoms with Gasteiger partial charge in [-0.05, 0) is 6.42 Å². The van der Waals surface area contributed by atoms with E-state index in [0.29, 0.717) is 0 Å². The highest BCUT2D eigenvalue weighted by molar-refractivity contribution is 6.06. The highest BCUT2D eigenvalue weighted by atomic mass is 16.6. The topological polar surface area (TPSA) is 181 Å². The van der Waals surface area contributed by atoms with Crippen LogP contribution in [-0.4, -0.2) is 28.7 Å². The van der Waals surface area contributed by atoms with Crippen molar-refractivity contribution in [1.82, 2.24) is 10.6 Å². The van der Waals surface area contributed by atoms with Crippen LogP contribution in [-0.2, 0) is 9.59 Å². The molecule has 0 spiro atoms. The lowest BCUT2D eigenvalue weighted by Crippen LogP contribution is -2.52. The summed E-state index contributed by atoms with van der Waals surface area (Å²) < 4.78 is 0. The van der Waals surface area contributed by atoms with Crippen LogP contribution in [0.15, 0.2) is 17.2 Å². The Labute approximate surface area is 128 Å². The highest BCUT2D eigenvalue weighted by Crippen LogP contribution is 2.31. The molecule has 0 aliphatic carbocycles. The van der Waals surface area contributed by atoms with Crippen LogP contribution < -0.4 is 16.4 Å². The van der Waals surface area contributed by atoms with Crippen LogP contribution in [0.4, 0.5) is 17.1 Å². The predicted molar refractivity (Wildman–Crippen MR) is 76.0 cm³/mol. The summed E-state index contributed by atoms with van der Waals surface area (Å²) in [6.45, 7) is 0. The fourth-order valence-electron chi connectivity index (χ4n) is 2.11. The maximum Gasteiger partial charge on any atom is 0.272 e. The van der Waals surface area contributed by atoms with Crippen molar-refractivity contribution in [3.8, 4) is 0 Å². The fourth-order valence-corrected chi connectivity index (χ4v) is 2.11. The number of imide groups is 1. The van der Waals surface area contributed by atoms with Crippen LogP contribution in [0.5, 0.6) is 0 Å². The Hall–Kier alpha value is -3.37. The number of nitrogens with one attached hydrogen (secondary N) is 3. The lowest BCUT2D eigenvalue weighted by atomic mass is 10.0. The van der Waals surface area contributed by atoms with Gasteiger partial charge in [0, 0.05) is 18.6 Å². The van der Waals surface area contributed by atoms with Crippen LogP contribution in [0, 0.1) is 15.6 Å². The zero-order valence-corrected chi connectivity index (χ0v) is 11.7. The van der Waals surface area contributed by atoms with E-state index in [1.54, 1.807) is 0 Å². The van der Waals surface area contributed by atoms with E-state index in [2.05, 4.69) is 15.7 Å². The molecule has 3 amide bonds. The molecule has 0 bridgehead atoms. The number of nitro groups is 1. The number of amides is 3. The normalized spacial score (nSPS) is 17.3. The number of carbonyl (C=O) groups is 3. The Morgan fingerprint density at radius 1 is 1.48 bits per heavy atom. The smallest absolute Gasteiger partial charge is 0.272 e. The number of nitrogens with zero attached hydrogens (tertiary/aromatic N) is 2. The van der Waals surface area contributed by atoms with Crippen molar-refractivity contribution >= 4 is 34.8 Å². The quantitative estimate of drug-likeness (QED) is 0.204. The summed E-state index contributed by atoms with van der Waals surface area (Å²) in [6, 6.07) is 0.945. The number of benzene rings is 1. The predicted octanol–water partition coefficient (Wildman–Crippen LogP) is 0.374. The number of hydrogen-bond acceptors (Lipinski definition) is 8. The van der Waals surface area contributed by atoms with E-state index in [-0.39, 0.29) is 29.8 Å². The first kappa shape index (κ1) is 16.0. The molecule has 0 radical (unpaired) electrons. The molecule has 23 heavy (non-hydrogen) atoms. The first-order valence-electron chi connectivity index (χ1n) is 6.43. The summed E-state index contributed by atoms with van der Waals surface area (Å²) in [7, 11) is 0. The largest absolute Gasteiger partial charge is 0.397 e. The van der Waals surface area contributed by atoms with Gasteiger partial charge < -0.3 is 11.1 Å². The molecule has 5 N–H and O–H groups in total. The van der Waals surface area contributed by atoms with E-state index in [4.69, 9.17) is 11.3 Å². The molecule has 1 aromatic rings. The third kappa shape index (κ3) is 3.28. The molecule has 1 unspecified atom stereocenters. The third-order valence-corrected chi connectivity index (χ3v) is 3.24. The van der Waals surface area contributed by atoms with Crippen LogP contribution in [0.3, 0.4) is 0 Å². The van der Waals surface area contributed by atoms with Gasteiger partial charge in [0.1, 0.15) is 11.7 Å². The number of carbonyl (C=O) groups excluding carboxylic acids is 3. The molecule has 11 nitrogen and oxygen atoms in total. The number of nitro benzene ring substituents is 1. The van der Waals surface area contributed by atoms with Crippen LogP contribution in [0.25, 0.3) is 0 Å². The Bertz CT molecular complexity index is 731. The molecule has 2 rings (SSSR count). The minimum absolute atomic E-state index is 0.0590. The standard InChI is InChI=1S/C12H12N6O5/c13-7-4-5(18(22)23)3-6(10(7)17-14)11(20)15-8-1-2-9(19)16-12(8)21/h3-4,8,14H,1-2,13H2,(H,15,20)(H,16,19,21). The van der Waals surface area contributed by atoms with Gasteiger partial charge in [-0.25, -0.2) is 5.53 Å². The minimum atomic E-state index is -0.959. The maximum absolute atomic E-state index is 12.2. The molecule has 1 saturated heterocycles. The number of anilines is 1.